The molecule has 106 valence electrons. The van der Waals surface area contributed by atoms with Gasteiger partial charge in [-0.2, -0.15) is 0 Å². The molecular formula is C15H19N3O2. The van der Waals surface area contributed by atoms with Gasteiger partial charge in [0.15, 0.2) is 0 Å². The Morgan fingerprint density at radius 1 is 1.25 bits per heavy atom. The molecule has 0 saturated carbocycles. The number of anilines is 1. The van der Waals surface area contributed by atoms with E-state index in [1.807, 2.05) is 45.0 Å². The summed E-state index contributed by atoms with van der Waals surface area (Å²) in [5, 5.41) is 12.3. The first-order valence-corrected chi connectivity index (χ1v) is 6.70. The topological polar surface area (TPSA) is 75.1 Å². The fraction of sp³-hybridized carbons (Fsp3) is 0.400. The molecule has 1 aromatic carbocycles. The summed E-state index contributed by atoms with van der Waals surface area (Å²) in [6.07, 6.45) is 0.545. The predicted molar refractivity (Wildman–Crippen MR) is 78.8 cm³/mol. The van der Waals surface area contributed by atoms with Crippen LogP contribution in [-0.2, 0) is 4.79 Å². The van der Waals surface area contributed by atoms with Crippen LogP contribution in [0.15, 0.2) is 24.3 Å². The number of carboxylic acids is 1. The van der Waals surface area contributed by atoms with E-state index < -0.39 is 12.0 Å². The minimum atomic E-state index is -0.868. The second-order valence-electron chi connectivity index (χ2n) is 5.31. The number of rotatable bonds is 5. The van der Waals surface area contributed by atoms with E-state index >= 15 is 0 Å². The zero-order chi connectivity index (χ0) is 14.7. The second kappa shape index (κ2) is 5.86. The molecule has 0 amide bonds. The molecule has 2 rings (SSSR count). The SMILES string of the molecule is Cc1nc2ccccc2nc1N[C@@H](CC(C)C)C(=O)O. The van der Waals surface area contributed by atoms with Gasteiger partial charge in [-0.15, -0.1) is 0 Å². The van der Waals surface area contributed by atoms with Gasteiger partial charge in [0.2, 0.25) is 0 Å². The highest BCUT2D eigenvalue weighted by molar-refractivity contribution is 5.79. The zero-order valence-corrected chi connectivity index (χ0v) is 11.9. The van der Waals surface area contributed by atoms with Crippen molar-refractivity contribution in [1.29, 1.82) is 0 Å². The summed E-state index contributed by atoms with van der Waals surface area (Å²) in [5.41, 5.74) is 2.28. The highest BCUT2D eigenvalue weighted by Crippen LogP contribution is 2.18. The quantitative estimate of drug-likeness (QED) is 0.876. The van der Waals surface area contributed by atoms with Crippen LogP contribution in [0.2, 0.25) is 0 Å². The number of benzene rings is 1. The van der Waals surface area contributed by atoms with Crippen LogP contribution in [-0.4, -0.2) is 27.1 Å². The van der Waals surface area contributed by atoms with Crippen molar-refractivity contribution < 1.29 is 9.90 Å². The van der Waals surface area contributed by atoms with Crippen LogP contribution in [0.5, 0.6) is 0 Å². The minimum Gasteiger partial charge on any atom is -0.480 e. The molecule has 20 heavy (non-hydrogen) atoms. The Labute approximate surface area is 118 Å². The van der Waals surface area contributed by atoms with Gasteiger partial charge in [0, 0.05) is 0 Å². The number of hydrogen-bond acceptors (Lipinski definition) is 4. The molecule has 0 unspecified atom stereocenters. The molecule has 0 bridgehead atoms. The van der Waals surface area contributed by atoms with Gasteiger partial charge in [-0.3, -0.25) is 0 Å². The summed E-state index contributed by atoms with van der Waals surface area (Å²) < 4.78 is 0. The number of nitrogens with zero attached hydrogens (tertiary/aromatic N) is 2. The highest BCUT2D eigenvalue weighted by atomic mass is 16.4. The summed E-state index contributed by atoms with van der Waals surface area (Å²) in [6, 6.07) is 6.90. The standard InChI is InChI=1S/C15H19N3O2/c1-9(2)8-13(15(19)20)18-14-10(3)16-11-6-4-5-7-12(11)17-14/h4-7,9,13H,8H2,1-3H3,(H,17,18)(H,19,20)/t13-/m0/s1. The monoisotopic (exact) mass is 273 g/mol. The van der Waals surface area contributed by atoms with Gasteiger partial charge in [-0.05, 0) is 31.4 Å². The number of para-hydroxylation sites is 2. The number of nitrogens with one attached hydrogen (secondary N) is 1. The van der Waals surface area contributed by atoms with Crippen LogP contribution >= 0.6 is 0 Å². The fourth-order valence-electron chi connectivity index (χ4n) is 2.08. The van der Waals surface area contributed by atoms with Gasteiger partial charge in [-0.1, -0.05) is 26.0 Å². The smallest absolute Gasteiger partial charge is 0.326 e. The molecule has 0 fully saturated rings. The van der Waals surface area contributed by atoms with Gasteiger partial charge >= 0.3 is 5.97 Å². The van der Waals surface area contributed by atoms with Crippen molar-refractivity contribution in [3.05, 3.63) is 30.0 Å². The molecule has 5 nitrogen and oxygen atoms in total. The Hall–Kier alpha value is -2.17. The molecule has 0 spiro atoms. The maximum atomic E-state index is 11.3. The van der Waals surface area contributed by atoms with Gasteiger partial charge in [0.25, 0.3) is 0 Å². The van der Waals surface area contributed by atoms with E-state index in [9.17, 15) is 9.90 Å². The van der Waals surface area contributed by atoms with Gasteiger partial charge in [0.05, 0.1) is 16.7 Å². The number of aromatic nitrogens is 2. The Morgan fingerprint density at radius 2 is 1.85 bits per heavy atom. The molecule has 2 N–H and O–H groups in total. The molecule has 5 heteroatoms. The average Bonchev–Trinajstić information content (AvgIpc) is 2.38. The van der Waals surface area contributed by atoms with Crippen LogP contribution in [0.25, 0.3) is 11.0 Å². The lowest BCUT2D eigenvalue weighted by Crippen LogP contribution is -2.31. The van der Waals surface area contributed by atoms with E-state index in [0.717, 1.165) is 11.0 Å². The van der Waals surface area contributed by atoms with Crippen LogP contribution in [0.3, 0.4) is 0 Å². The summed E-state index contributed by atoms with van der Waals surface area (Å²) >= 11 is 0. The van der Waals surface area contributed by atoms with Crippen LogP contribution < -0.4 is 5.32 Å². The van der Waals surface area contributed by atoms with Crippen molar-refractivity contribution in [2.45, 2.75) is 33.2 Å². The van der Waals surface area contributed by atoms with E-state index in [1.54, 1.807) is 0 Å². The van der Waals surface area contributed by atoms with E-state index in [2.05, 4.69) is 15.3 Å². The van der Waals surface area contributed by atoms with Crippen molar-refractivity contribution in [1.82, 2.24) is 9.97 Å². The fourth-order valence-corrected chi connectivity index (χ4v) is 2.08. The summed E-state index contributed by atoms with van der Waals surface area (Å²) in [6.45, 7) is 5.82. The van der Waals surface area contributed by atoms with E-state index in [4.69, 9.17) is 0 Å². The first-order valence-electron chi connectivity index (χ1n) is 6.70. The zero-order valence-electron chi connectivity index (χ0n) is 11.9. The normalized spacial score (nSPS) is 12.6. The first kappa shape index (κ1) is 14.2. The molecule has 1 aromatic heterocycles. The number of aryl methyl sites for hydroxylation is 1. The maximum absolute atomic E-state index is 11.3. The third-order valence-corrected chi connectivity index (χ3v) is 3.06. The lowest BCUT2D eigenvalue weighted by molar-refractivity contribution is -0.138. The molecule has 0 radical (unpaired) electrons. The molecule has 0 aliphatic rings. The maximum Gasteiger partial charge on any atom is 0.326 e. The van der Waals surface area contributed by atoms with Crippen LogP contribution in [0, 0.1) is 12.8 Å². The Kier molecular flexibility index (Phi) is 4.17. The number of fused-ring (bicyclic) bond motifs is 1. The molecular weight excluding hydrogens is 254 g/mol. The molecule has 0 aliphatic carbocycles. The Morgan fingerprint density at radius 3 is 2.40 bits per heavy atom. The summed E-state index contributed by atoms with van der Waals surface area (Å²) in [5.74, 6) is -0.0397. The van der Waals surface area contributed by atoms with Crippen molar-refractivity contribution >= 4 is 22.8 Å². The third kappa shape index (κ3) is 3.23. The lowest BCUT2D eigenvalue weighted by atomic mass is 10.0. The van der Waals surface area contributed by atoms with Crippen LogP contribution in [0.4, 0.5) is 5.82 Å². The summed E-state index contributed by atoms with van der Waals surface area (Å²) in [7, 11) is 0. The Balaban J connectivity index is 2.31. The minimum absolute atomic E-state index is 0.289. The van der Waals surface area contributed by atoms with E-state index in [1.165, 1.54) is 0 Å². The number of carbonyl (C=O) groups is 1. The molecule has 1 heterocycles. The first-order chi connectivity index (χ1) is 9.47. The summed E-state index contributed by atoms with van der Waals surface area (Å²) in [4.78, 5) is 20.2. The second-order valence-corrected chi connectivity index (χ2v) is 5.31. The molecule has 0 aliphatic heterocycles. The van der Waals surface area contributed by atoms with Crippen molar-refractivity contribution in [2.24, 2.45) is 5.92 Å². The number of aliphatic carboxylic acids is 1. The van der Waals surface area contributed by atoms with E-state index in [-0.39, 0.29) is 5.92 Å². The highest BCUT2D eigenvalue weighted by Gasteiger charge is 2.20. The van der Waals surface area contributed by atoms with Gasteiger partial charge in [-0.25, -0.2) is 14.8 Å². The number of carboxylic acid groups (broad SMARTS) is 1. The van der Waals surface area contributed by atoms with Crippen LogP contribution in [0.1, 0.15) is 26.0 Å². The van der Waals surface area contributed by atoms with Crippen molar-refractivity contribution in [3.8, 4) is 0 Å². The predicted octanol–water partition coefficient (Wildman–Crippen LogP) is 2.85. The third-order valence-electron chi connectivity index (χ3n) is 3.06. The van der Waals surface area contributed by atoms with Crippen molar-refractivity contribution in [2.75, 3.05) is 5.32 Å². The van der Waals surface area contributed by atoms with Gasteiger partial charge in [0.1, 0.15) is 11.9 Å². The van der Waals surface area contributed by atoms with Crippen molar-refractivity contribution in [3.63, 3.8) is 0 Å². The van der Waals surface area contributed by atoms with Gasteiger partial charge < -0.3 is 10.4 Å². The Bertz CT molecular complexity index is 626. The lowest BCUT2D eigenvalue weighted by Gasteiger charge is -2.18. The average molecular weight is 273 g/mol. The molecule has 0 saturated heterocycles. The van der Waals surface area contributed by atoms with E-state index in [0.29, 0.717) is 17.9 Å². The number of hydrogen-bond donors (Lipinski definition) is 2. The molecule has 1 atom stereocenters. The largest absolute Gasteiger partial charge is 0.480 e. The molecule has 2 aromatic rings.